The number of aromatic nitrogens is 3. The van der Waals surface area contributed by atoms with E-state index in [1.807, 2.05) is 24.7 Å². The molecule has 1 aromatic carbocycles. The Labute approximate surface area is 141 Å². The highest BCUT2D eigenvalue weighted by molar-refractivity contribution is 5.66. The van der Waals surface area contributed by atoms with Gasteiger partial charge in [0.05, 0.1) is 0 Å². The van der Waals surface area contributed by atoms with Crippen LogP contribution in [-0.2, 0) is 13.1 Å². The van der Waals surface area contributed by atoms with Gasteiger partial charge in [-0.2, -0.15) is 0 Å². The van der Waals surface area contributed by atoms with Crippen LogP contribution in [0.25, 0.3) is 11.1 Å². The molecule has 0 N–H and O–H groups in total. The topological polar surface area (TPSA) is 51.1 Å². The molecule has 3 heterocycles. The summed E-state index contributed by atoms with van der Waals surface area (Å²) in [6.07, 6.45) is 7.17. The summed E-state index contributed by atoms with van der Waals surface area (Å²) in [5.41, 5.74) is 4.68. The van der Waals surface area contributed by atoms with Crippen molar-refractivity contribution in [3.8, 4) is 17.0 Å². The molecule has 3 aromatic rings. The molecule has 4 rings (SSSR count). The van der Waals surface area contributed by atoms with Gasteiger partial charge in [0.1, 0.15) is 12.9 Å². The van der Waals surface area contributed by atoms with Crippen LogP contribution in [0.4, 0.5) is 0 Å². The fourth-order valence-corrected chi connectivity index (χ4v) is 3.01. The van der Waals surface area contributed by atoms with E-state index in [9.17, 15) is 0 Å². The zero-order valence-corrected chi connectivity index (χ0v) is 13.3. The van der Waals surface area contributed by atoms with Gasteiger partial charge in [-0.25, -0.2) is 9.97 Å². The summed E-state index contributed by atoms with van der Waals surface area (Å²) in [4.78, 5) is 15.0. The molecular formula is C19H18N4O. The first-order valence-corrected chi connectivity index (χ1v) is 8.02. The van der Waals surface area contributed by atoms with Crippen molar-refractivity contribution in [3.63, 3.8) is 0 Å². The van der Waals surface area contributed by atoms with Crippen LogP contribution < -0.4 is 4.74 Å². The molecule has 0 radical (unpaired) electrons. The van der Waals surface area contributed by atoms with Crippen molar-refractivity contribution >= 4 is 0 Å². The van der Waals surface area contributed by atoms with Crippen LogP contribution in [0.1, 0.15) is 11.1 Å². The van der Waals surface area contributed by atoms with Gasteiger partial charge < -0.3 is 4.74 Å². The van der Waals surface area contributed by atoms with E-state index in [1.165, 1.54) is 23.0 Å². The van der Waals surface area contributed by atoms with Crippen molar-refractivity contribution in [1.82, 2.24) is 19.9 Å². The van der Waals surface area contributed by atoms with Gasteiger partial charge in [-0.1, -0.05) is 30.3 Å². The van der Waals surface area contributed by atoms with Crippen LogP contribution in [0.15, 0.2) is 61.3 Å². The smallest absolute Gasteiger partial charge is 0.220 e. The number of fused-ring (bicyclic) bond motifs is 1. The van der Waals surface area contributed by atoms with E-state index >= 15 is 0 Å². The molecule has 0 saturated heterocycles. The highest BCUT2D eigenvalue weighted by Crippen LogP contribution is 2.26. The predicted octanol–water partition coefficient (Wildman–Crippen LogP) is 2.93. The van der Waals surface area contributed by atoms with Gasteiger partial charge >= 0.3 is 0 Å². The Hall–Kier alpha value is -2.79. The maximum atomic E-state index is 5.72. The van der Waals surface area contributed by atoms with Gasteiger partial charge in [0, 0.05) is 43.8 Å². The first-order chi connectivity index (χ1) is 11.9. The van der Waals surface area contributed by atoms with Crippen LogP contribution in [0.5, 0.6) is 5.88 Å². The molecule has 5 heteroatoms. The molecule has 5 nitrogen and oxygen atoms in total. The molecule has 1 aliphatic rings. The standard InChI is InChI=1S/C19H18N4O/c1-2-4-15(5-3-1)18-6-7-20-10-16(18)12-23-8-9-24-19-17(13-23)11-21-14-22-19/h1-7,10-11,14H,8-9,12-13H2. The second-order valence-electron chi connectivity index (χ2n) is 5.81. The molecule has 2 aromatic heterocycles. The first kappa shape index (κ1) is 14.8. The van der Waals surface area contributed by atoms with E-state index in [0.717, 1.165) is 25.2 Å². The van der Waals surface area contributed by atoms with Crippen molar-refractivity contribution in [2.45, 2.75) is 13.1 Å². The van der Waals surface area contributed by atoms with Crippen LogP contribution >= 0.6 is 0 Å². The SMILES string of the molecule is c1ccc(-c2ccncc2CN2CCOc3ncncc3C2)cc1. The number of nitrogens with zero attached hydrogens (tertiary/aromatic N) is 4. The highest BCUT2D eigenvalue weighted by atomic mass is 16.5. The van der Waals surface area contributed by atoms with Crippen LogP contribution in [0.2, 0.25) is 0 Å². The van der Waals surface area contributed by atoms with Gasteiger partial charge in [-0.3, -0.25) is 9.88 Å². The number of hydrogen-bond acceptors (Lipinski definition) is 5. The van der Waals surface area contributed by atoms with Gasteiger partial charge in [0.2, 0.25) is 5.88 Å². The summed E-state index contributed by atoms with van der Waals surface area (Å²) in [5, 5.41) is 0. The Morgan fingerprint density at radius 1 is 1.04 bits per heavy atom. The third kappa shape index (κ3) is 3.12. The minimum Gasteiger partial charge on any atom is -0.476 e. The van der Waals surface area contributed by atoms with Crippen LogP contribution in [0.3, 0.4) is 0 Å². The van der Waals surface area contributed by atoms with Gasteiger partial charge in [-0.15, -0.1) is 0 Å². The molecule has 1 aliphatic heterocycles. The van der Waals surface area contributed by atoms with E-state index in [-0.39, 0.29) is 0 Å². The summed E-state index contributed by atoms with van der Waals surface area (Å²) < 4.78 is 5.72. The number of hydrogen-bond donors (Lipinski definition) is 0. The Morgan fingerprint density at radius 3 is 2.88 bits per heavy atom. The molecule has 0 aliphatic carbocycles. The summed E-state index contributed by atoms with van der Waals surface area (Å²) in [5.74, 6) is 0.696. The second-order valence-corrected chi connectivity index (χ2v) is 5.81. The maximum Gasteiger partial charge on any atom is 0.220 e. The molecule has 0 amide bonds. The monoisotopic (exact) mass is 318 g/mol. The zero-order valence-electron chi connectivity index (χ0n) is 13.3. The number of ether oxygens (including phenoxy) is 1. The average molecular weight is 318 g/mol. The Morgan fingerprint density at radius 2 is 1.96 bits per heavy atom. The van der Waals surface area contributed by atoms with E-state index < -0.39 is 0 Å². The van der Waals surface area contributed by atoms with Gasteiger partial charge in [-0.05, 0) is 22.8 Å². The van der Waals surface area contributed by atoms with E-state index in [1.54, 1.807) is 0 Å². The predicted molar refractivity (Wildman–Crippen MR) is 91.3 cm³/mol. The zero-order chi connectivity index (χ0) is 16.2. The van der Waals surface area contributed by atoms with Crippen molar-refractivity contribution in [3.05, 3.63) is 72.4 Å². The van der Waals surface area contributed by atoms with Crippen LogP contribution in [-0.4, -0.2) is 33.0 Å². The summed E-state index contributed by atoms with van der Waals surface area (Å²) in [6, 6.07) is 12.5. The number of rotatable bonds is 3. The molecule has 0 unspecified atom stereocenters. The third-order valence-electron chi connectivity index (χ3n) is 4.17. The molecule has 0 spiro atoms. The minimum atomic E-state index is 0.630. The average Bonchev–Trinajstić information content (AvgIpc) is 2.84. The molecule has 0 bridgehead atoms. The summed E-state index contributed by atoms with van der Waals surface area (Å²) >= 11 is 0. The molecule has 0 atom stereocenters. The molecule has 0 fully saturated rings. The van der Waals surface area contributed by atoms with Crippen molar-refractivity contribution in [2.75, 3.05) is 13.2 Å². The second kappa shape index (κ2) is 6.76. The van der Waals surface area contributed by atoms with Crippen molar-refractivity contribution < 1.29 is 4.74 Å². The third-order valence-corrected chi connectivity index (χ3v) is 4.17. The normalized spacial score (nSPS) is 14.5. The van der Waals surface area contributed by atoms with Gasteiger partial charge in [0.15, 0.2) is 0 Å². The molecule has 24 heavy (non-hydrogen) atoms. The van der Waals surface area contributed by atoms with Crippen molar-refractivity contribution in [1.29, 1.82) is 0 Å². The van der Waals surface area contributed by atoms with E-state index in [4.69, 9.17) is 4.74 Å². The Balaban J connectivity index is 1.60. The largest absolute Gasteiger partial charge is 0.476 e. The lowest BCUT2D eigenvalue weighted by atomic mass is 10.0. The first-order valence-electron chi connectivity index (χ1n) is 8.02. The number of benzene rings is 1. The van der Waals surface area contributed by atoms with Gasteiger partial charge in [0.25, 0.3) is 0 Å². The maximum absolute atomic E-state index is 5.72. The molecular weight excluding hydrogens is 300 g/mol. The number of pyridine rings is 1. The molecule has 0 saturated carbocycles. The summed E-state index contributed by atoms with van der Waals surface area (Å²) in [7, 11) is 0. The minimum absolute atomic E-state index is 0.630. The molecule has 120 valence electrons. The van der Waals surface area contributed by atoms with Crippen LogP contribution in [0, 0.1) is 0 Å². The van der Waals surface area contributed by atoms with E-state index in [2.05, 4.69) is 50.2 Å². The van der Waals surface area contributed by atoms with E-state index in [0.29, 0.717) is 12.5 Å². The lowest BCUT2D eigenvalue weighted by molar-refractivity contribution is 0.217. The Kier molecular flexibility index (Phi) is 4.16. The summed E-state index contributed by atoms with van der Waals surface area (Å²) in [6.45, 7) is 3.07. The highest BCUT2D eigenvalue weighted by Gasteiger charge is 2.18. The quantitative estimate of drug-likeness (QED) is 0.743. The lowest BCUT2D eigenvalue weighted by Gasteiger charge is -2.20. The fourth-order valence-electron chi connectivity index (χ4n) is 3.01. The fraction of sp³-hybridized carbons (Fsp3) is 0.211. The Bertz CT molecular complexity index is 822. The van der Waals surface area contributed by atoms with Crippen molar-refractivity contribution in [2.24, 2.45) is 0 Å². The lowest BCUT2D eigenvalue weighted by Crippen LogP contribution is -2.25.